The van der Waals surface area contributed by atoms with Crippen molar-refractivity contribution in [2.45, 2.75) is 23.9 Å². The molecule has 1 unspecified atom stereocenters. The van der Waals surface area contributed by atoms with Gasteiger partial charge in [0.05, 0.1) is 16.2 Å². The number of halogens is 3. The molecule has 1 aliphatic rings. The average Bonchev–Trinajstić information content (AvgIpc) is 3.42. The lowest BCUT2D eigenvalue weighted by Crippen LogP contribution is -2.34. The van der Waals surface area contributed by atoms with Crippen molar-refractivity contribution in [2.24, 2.45) is 0 Å². The molecule has 0 amide bonds. The van der Waals surface area contributed by atoms with Crippen LogP contribution in [0.2, 0.25) is 5.02 Å². The maximum Gasteiger partial charge on any atom is 0.266 e. The van der Waals surface area contributed by atoms with Crippen LogP contribution >= 0.6 is 22.9 Å². The van der Waals surface area contributed by atoms with Crippen molar-refractivity contribution in [3.63, 3.8) is 0 Å². The summed E-state index contributed by atoms with van der Waals surface area (Å²) in [6, 6.07) is 8.76. The smallest absolute Gasteiger partial charge is 0.266 e. The number of hydrogen-bond acceptors (Lipinski definition) is 6. The van der Waals surface area contributed by atoms with Crippen molar-refractivity contribution < 1.29 is 17.2 Å². The molecule has 1 aliphatic heterocycles. The fourth-order valence-electron chi connectivity index (χ4n) is 3.77. The van der Waals surface area contributed by atoms with Gasteiger partial charge in [0.25, 0.3) is 10.0 Å². The number of sulfonamides is 1. The lowest BCUT2D eigenvalue weighted by molar-refractivity contribution is 0.326. The quantitative estimate of drug-likeness (QED) is 0.516. The van der Waals surface area contributed by atoms with E-state index in [2.05, 4.69) is 14.6 Å². The van der Waals surface area contributed by atoms with Gasteiger partial charge in [-0.1, -0.05) is 23.7 Å². The second kappa shape index (κ2) is 9.30. The zero-order valence-corrected chi connectivity index (χ0v) is 19.5. The molecule has 1 fully saturated rings. The van der Waals surface area contributed by atoms with Crippen LogP contribution in [0.1, 0.15) is 12.0 Å². The van der Waals surface area contributed by atoms with Crippen molar-refractivity contribution in [3.05, 3.63) is 69.5 Å². The van der Waals surface area contributed by atoms with E-state index in [-0.39, 0.29) is 22.7 Å². The summed E-state index contributed by atoms with van der Waals surface area (Å²) in [4.78, 5) is 7.44. The lowest BCUT2D eigenvalue weighted by Gasteiger charge is -2.28. The highest BCUT2D eigenvalue weighted by Gasteiger charge is 2.29. The molecule has 0 radical (unpaired) electrons. The number of anilines is 2. The summed E-state index contributed by atoms with van der Waals surface area (Å²) >= 11 is 7.60. The summed E-state index contributed by atoms with van der Waals surface area (Å²) in [6.07, 6.45) is 0.834. The lowest BCUT2D eigenvalue weighted by atomic mass is 10.2. The van der Waals surface area contributed by atoms with Gasteiger partial charge in [-0.3, -0.25) is 9.62 Å². The van der Waals surface area contributed by atoms with E-state index in [9.17, 15) is 17.2 Å². The third-order valence-electron chi connectivity index (χ3n) is 5.46. The Kier molecular flexibility index (Phi) is 6.66. The van der Waals surface area contributed by atoms with E-state index in [1.807, 2.05) is 11.9 Å². The number of likely N-dealkylation sites (N-methyl/N-ethyl adjacent to an activating group) is 1. The fraction of sp³-hybridized carbons (Fsp3) is 0.286. The number of nitrogens with one attached hydrogen (secondary N) is 1. The van der Waals surface area contributed by atoms with Gasteiger partial charge >= 0.3 is 0 Å². The first-order valence-corrected chi connectivity index (χ1v) is 12.6. The number of likely N-dealkylation sites (tertiary alicyclic amines) is 1. The highest BCUT2D eigenvalue weighted by molar-refractivity contribution is 7.92. The normalized spacial score (nSPS) is 16.9. The third kappa shape index (κ3) is 5.03. The molecule has 32 heavy (non-hydrogen) atoms. The van der Waals surface area contributed by atoms with Crippen LogP contribution in [0.15, 0.2) is 52.2 Å². The van der Waals surface area contributed by atoms with Crippen LogP contribution in [0.5, 0.6) is 0 Å². The first kappa shape index (κ1) is 22.9. The molecule has 1 aromatic heterocycles. The number of nitrogens with zero attached hydrogens (tertiary/aromatic N) is 3. The van der Waals surface area contributed by atoms with E-state index >= 15 is 0 Å². The molecule has 0 spiro atoms. The van der Waals surface area contributed by atoms with E-state index < -0.39 is 20.7 Å². The molecule has 4 rings (SSSR count). The van der Waals surface area contributed by atoms with Crippen LogP contribution in [-0.4, -0.2) is 44.5 Å². The molecule has 0 saturated carbocycles. The van der Waals surface area contributed by atoms with Crippen LogP contribution in [0.4, 0.5) is 20.3 Å². The molecule has 1 N–H and O–H groups in total. The van der Waals surface area contributed by atoms with E-state index in [1.54, 1.807) is 12.1 Å². The first-order chi connectivity index (χ1) is 15.2. The summed E-state index contributed by atoms with van der Waals surface area (Å²) in [5.41, 5.74) is 2.91. The Hall–Kier alpha value is -2.27. The Morgan fingerprint density at radius 3 is 2.72 bits per heavy atom. The molecule has 170 valence electrons. The maximum atomic E-state index is 14.8. The SMILES string of the molecule is CN(c1cc(F)c(S(=O)(=O)Nc2cscn2)cc1Cl)C1CCN(Cc2ccc(F)cc2)C1. The zero-order chi connectivity index (χ0) is 22.9. The monoisotopic (exact) mass is 498 g/mol. The maximum absolute atomic E-state index is 14.8. The Morgan fingerprint density at radius 2 is 2.03 bits per heavy atom. The molecule has 2 aromatic carbocycles. The Balaban J connectivity index is 1.47. The van der Waals surface area contributed by atoms with Gasteiger partial charge in [-0.05, 0) is 30.2 Å². The Morgan fingerprint density at radius 1 is 1.28 bits per heavy atom. The number of rotatable bonds is 7. The number of aromatic nitrogens is 1. The molecule has 2 heterocycles. The van der Waals surface area contributed by atoms with Crippen molar-refractivity contribution in [2.75, 3.05) is 29.8 Å². The van der Waals surface area contributed by atoms with Crippen LogP contribution in [0.3, 0.4) is 0 Å². The second-order valence-electron chi connectivity index (χ2n) is 7.63. The third-order valence-corrected chi connectivity index (χ3v) is 7.72. The Bertz CT molecular complexity index is 1190. The summed E-state index contributed by atoms with van der Waals surface area (Å²) < 4.78 is 55.3. The van der Waals surface area contributed by atoms with Crippen molar-refractivity contribution in [3.8, 4) is 0 Å². The number of thiazole rings is 1. The van der Waals surface area contributed by atoms with Crippen LogP contribution in [0, 0.1) is 11.6 Å². The van der Waals surface area contributed by atoms with Crippen molar-refractivity contribution >= 4 is 44.5 Å². The Labute approximate surface area is 194 Å². The number of hydrogen-bond donors (Lipinski definition) is 1. The van der Waals surface area contributed by atoms with Crippen molar-refractivity contribution in [1.29, 1.82) is 0 Å². The fourth-order valence-corrected chi connectivity index (χ4v) is 5.77. The molecule has 11 heteroatoms. The first-order valence-electron chi connectivity index (χ1n) is 9.82. The summed E-state index contributed by atoms with van der Waals surface area (Å²) in [5.74, 6) is -1.03. The van der Waals surface area contributed by atoms with E-state index in [0.717, 1.165) is 37.2 Å². The second-order valence-corrected chi connectivity index (χ2v) is 10.4. The zero-order valence-electron chi connectivity index (χ0n) is 17.1. The van der Waals surface area contributed by atoms with Gasteiger partial charge in [0.15, 0.2) is 5.82 Å². The summed E-state index contributed by atoms with van der Waals surface area (Å²) in [6.45, 7) is 2.24. The molecule has 3 aromatic rings. The molecular weight excluding hydrogens is 478 g/mol. The van der Waals surface area contributed by atoms with Crippen molar-refractivity contribution in [1.82, 2.24) is 9.88 Å². The molecule has 0 aliphatic carbocycles. The largest absolute Gasteiger partial charge is 0.369 e. The van der Waals surface area contributed by atoms with Gasteiger partial charge in [-0.25, -0.2) is 22.2 Å². The minimum Gasteiger partial charge on any atom is -0.369 e. The van der Waals surface area contributed by atoms with E-state index in [1.165, 1.54) is 34.4 Å². The molecule has 6 nitrogen and oxygen atoms in total. The summed E-state index contributed by atoms with van der Waals surface area (Å²) in [5, 5.41) is 1.65. The van der Waals surface area contributed by atoms with E-state index in [4.69, 9.17) is 11.6 Å². The number of benzene rings is 2. The van der Waals surface area contributed by atoms with Crippen LogP contribution < -0.4 is 9.62 Å². The average molecular weight is 499 g/mol. The van der Waals surface area contributed by atoms with Crippen LogP contribution in [-0.2, 0) is 16.6 Å². The summed E-state index contributed by atoms with van der Waals surface area (Å²) in [7, 11) is -2.35. The van der Waals surface area contributed by atoms with Gasteiger partial charge in [0.1, 0.15) is 16.5 Å². The predicted molar refractivity (Wildman–Crippen MR) is 123 cm³/mol. The molecular formula is C21H21ClF2N4O2S2. The minimum absolute atomic E-state index is 0.0722. The predicted octanol–water partition coefficient (Wildman–Crippen LogP) is 4.59. The highest BCUT2D eigenvalue weighted by atomic mass is 35.5. The van der Waals surface area contributed by atoms with Gasteiger partial charge in [0, 0.05) is 44.2 Å². The molecule has 0 bridgehead atoms. The molecule has 1 atom stereocenters. The van der Waals surface area contributed by atoms with Gasteiger partial charge < -0.3 is 4.90 Å². The van der Waals surface area contributed by atoms with Gasteiger partial charge in [-0.15, -0.1) is 11.3 Å². The van der Waals surface area contributed by atoms with E-state index in [0.29, 0.717) is 12.2 Å². The highest BCUT2D eigenvalue weighted by Crippen LogP contribution is 2.33. The standard InChI is InChI=1S/C21H21ClF2N4O2S2/c1-27(16-6-7-28(11-16)10-14-2-4-15(23)5-3-14)19-9-18(24)20(8-17(19)22)32(29,30)26-21-12-31-13-25-21/h2-5,8-9,12-13,16,26H,6-7,10-11H2,1H3. The molecule has 1 saturated heterocycles. The topological polar surface area (TPSA) is 65.5 Å². The minimum atomic E-state index is -4.16. The van der Waals surface area contributed by atoms with Gasteiger partial charge in [-0.2, -0.15) is 0 Å². The van der Waals surface area contributed by atoms with Crippen LogP contribution in [0.25, 0.3) is 0 Å². The van der Waals surface area contributed by atoms with Gasteiger partial charge in [0.2, 0.25) is 0 Å².